The van der Waals surface area contributed by atoms with Crippen molar-refractivity contribution in [1.29, 1.82) is 0 Å². The first-order valence-corrected chi connectivity index (χ1v) is 24.5. The molecule has 1 N–H and O–H groups in total. The predicted molar refractivity (Wildman–Crippen MR) is 252 cm³/mol. The highest BCUT2D eigenvalue weighted by Crippen LogP contribution is 2.43. The zero-order chi connectivity index (χ0) is 44.3. The Balaban J connectivity index is 4.49. The molecule has 0 heterocycles. The molecule has 0 spiro atoms. The van der Waals surface area contributed by atoms with Gasteiger partial charge >= 0.3 is 19.8 Å². The summed E-state index contributed by atoms with van der Waals surface area (Å²) in [6.45, 7) is 4.16. The van der Waals surface area contributed by atoms with Gasteiger partial charge in [0, 0.05) is 12.8 Å². The minimum absolute atomic E-state index is 0.0113. The zero-order valence-corrected chi connectivity index (χ0v) is 39.3. The summed E-state index contributed by atoms with van der Waals surface area (Å²) in [5, 5.41) is 0. The van der Waals surface area contributed by atoms with Crippen molar-refractivity contribution in [2.45, 2.75) is 161 Å². The zero-order valence-electron chi connectivity index (χ0n) is 38.4. The molecule has 0 fully saturated rings. The smallest absolute Gasteiger partial charge is 0.462 e. The van der Waals surface area contributed by atoms with Crippen LogP contribution in [-0.2, 0) is 32.7 Å². The molecular formula is C50H85NO8P+. The highest BCUT2D eigenvalue weighted by Gasteiger charge is 2.27. The van der Waals surface area contributed by atoms with Gasteiger partial charge in [-0.1, -0.05) is 156 Å². The SMILES string of the molecule is CC/C=C/C/C=C/C/C=C/C/C=C/C/C=C/C/C=C/CCC(=O)O[C@H](COC(=O)CCCCCCCCC/C=C/C/C=C/CCCCC)COP(=O)(O)OCC[N+](C)(C)C. The van der Waals surface area contributed by atoms with Crippen LogP contribution in [0.4, 0.5) is 0 Å². The second kappa shape index (κ2) is 41.3. The van der Waals surface area contributed by atoms with Crippen molar-refractivity contribution in [3.05, 3.63) is 97.2 Å². The number of hydrogen-bond acceptors (Lipinski definition) is 7. The molecule has 0 aliphatic heterocycles. The summed E-state index contributed by atoms with van der Waals surface area (Å²) in [6, 6.07) is 0. The third-order valence-corrected chi connectivity index (χ3v) is 10.1. The number of likely N-dealkylation sites (N-methyl/N-ethyl adjacent to an activating group) is 1. The number of rotatable bonds is 40. The summed E-state index contributed by atoms with van der Waals surface area (Å²) in [6.07, 6.45) is 54.7. The first-order chi connectivity index (χ1) is 29.0. The van der Waals surface area contributed by atoms with Crippen molar-refractivity contribution < 1.29 is 42.1 Å². The van der Waals surface area contributed by atoms with Crippen LogP contribution in [0.15, 0.2) is 97.2 Å². The Labute approximate surface area is 366 Å². The molecule has 0 aliphatic rings. The molecule has 1 unspecified atom stereocenters. The van der Waals surface area contributed by atoms with E-state index in [1.807, 2.05) is 33.3 Å². The Hall–Kier alpha value is -3.07. The maximum Gasteiger partial charge on any atom is 0.472 e. The molecule has 0 bridgehead atoms. The number of carbonyl (C=O) groups excluding carboxylic acids is 2. The molecule has 0 aromatic heterocycles. The van der Waals surface area contributed by atoms with E-state index in [1.54, 1.807) is 0 Å². The molecule has 0 amide bonds. The fraction of sp³-hybridized carbons (Fsp3) is 0.640. The van der Waals surface area contributed by atoms with Crippen molar-refractivity contribution in [3.8, 4) is 0 Å². The van der Waals surface area contributed by atoms with E-state index >= 15 is 0 Å². The number of ether oxygens (including phenoxy) is 2. The van der Waals surface area contributed by atoms with Gasteiger partial charge in [-0.05, 0) is 83.5 Å². The van der Waals surface area contributed by atoms with Crippen molar-refractivity contribution in [3.63, 3.8) is 0 Å². The first kappa shape index (κ1) is 56.9. The molecular weight excluding hydrogens is 774 g/mol. The minimum atomic E-state index is -4.41. The van der Waals surface area contributed by atoms with Crippen molar-refractivity contribution in [1.82, 2.24) is 0 Å². The van der Waals surface area contributed by atoms with Crippen molar-refractivity contribution in [2.75, 3.05) is 47.5 Å². The Kier molecular flexibility index (Phi) is 39.2. The first-order valence-electron chi connectivity index (χ1n) is 23.0. The van der Waals surface area contributed by atoms with Crippen molar-refractivity contribution >= 4 is 19.8 Å². The van der Waals surface area contributed by atoms with Crippen LogP contribution in [0.25, 0.3) is 0 Å². The van der Waals surface area contributed by atoms with Crippen LogP contribution in [0.5, 0.6) is 0 Å². The van der Waals surface area contributed by atoms with Gasteiger partial charge in [0.05, 0.1) is 27.7 Å². The fourth-order valence-electron chi connectivity index (χ4n) is 5.54. The largest absolute Gasteiger partial charge is 0.472 e. The Morgan fingerprint density at radius 2 is 0.983 bits per heavy atom. The van der Waals surface area contributed by atoms with E-state index in [4.69, 9.17) is 18.5 Å². The lowest BCUT2D eigenvalue weighted by molar-refractivity contribution is -0.870. The molecule has 0 radical (unpaired) electrons. The fourth-order valence-corrected chi connectivity index (χ4v) is 6.28. The third-order valence-electron chi connectivity index (χ3n) is 9.11. The number of esters is 2. The summed E-state index contributed by atoms with van der Waals surface area (Å²) >= 11 is 0. The summed E-state index contributed by atoms with van der Waals surface area (Å²) < 4.78 is 34.2. The number of phosphoric acid groups is 1. The van der Waals surface area contributed by atoms with Gasteiger partial charge in [0.1, 0.15) is 19.8 Å². The van der Waals surface area contributed by atoms with Crippen LogP contribution in [-0.4, -0.2) is 74.9 Å². The number of phosphoric ester groups is 1. The Bertz CT molecular complexity index is 1340. The van der Waals surface area contributed by atoms with E-state index in [-0.39, 0.29) is 26.1 Å². The average molecular weight is 859 g/mol. The van der Waals surface area contributed by atoms with Crippen LogP contribution in [0, 0.1) is 0 Å². The Morgan fingerprint density at radius 1 is 0.533 bits per heavy atom. The third kappa shape index (κ3) is 44.5. The Morgan fingerprint density at radius 3 is 1.48 bits per heavy atom. The topological polar surface area (TPSA) is 108 Å². The summed E-state index contributed by atoms with van der Waals surface area (Å²) in [7, 11) is 1.41. The highest BCUT2D eigenvalue weighted by molar-refractivity contribution is 7.47. The summed E-state index contributed by atoms with van der Waals surface area (Å²) in [5.41, 5.74) is 0. The molecule has 342 valence electrons. The van der Waals surface area contributed by atoms with Crippen molar-refractivity contribution in [2.24, 2.45) is 0 Å². The lowest BCUT2D eigenvalue weighted by atomic mass is 10.1. The maximum atomic E-state index is 12.7. The average Bonchev–Trinajstić information content (AvgIpc) is 3.20. The predicted octanol–water partition coefficient (Wildman–Crippen LogP) is 13.4. The van der Waals surface area contributed by atoms with Crippen LogP contribution < -0.4 is 0 Å². The molecule has 0 saturated heterocycles. The van der Waals surface area contributed by atoms with Crippen LogP contribution in [0.2, 0.25) is 0 Å². The van der Waals surface area contributed by atoms with Gasteiger partial charge in [-0.15, -0.1) is 0 Å². The van der Waals surface area contributed by atoms with Crippen LogP contribution in [0.1, 0.15) is 155 Å². The quantitative estimate of drug-likeness (QED) is 0.0213. The van der Waals surface area contributed by atoms with E-state index in [2.05, 4.69) is 98.9 Å². The van der Waals surface area contributed by atoms with E-state index < -0.39 is 32.5 Å². The minimum Gasteiger partial charge on any atom is -0.462 e. The number of unbranched alkanes of at least 4 members (excludes halogenated alkanes) is 10. The number of quaternary nitrogens is 1. The van der Waals surface area contributed by atoms with E-state index in [0.29, 0.717) is 23.9 Å². The normalized spacial score (nSPS) is 14.4. The van der Waals surface area contributed by atoms with Gasteiger partial charge in [0.15, 0.2) is 6.10 Å². The lowest BCUT2D eigenvalue weighted by Gasteiger charge is -2.24. The highest BCUT2D eigenvalue weighted by atomic mass is 31.2. The number of nitrogens with zero attached hydrogens (tertiary/aromatic N) is 1. The lowest BCUT2D eigenvalue weighted by Crippen LogP contribution is -2.37. The molecule has 0 aliphatic carbocycles. The molecule has 0 saturated carbocycles. The number of carbonyl (C=O) groups is 2. The monoisotopic (exact) mass is 859 g/mol. The van der Waals surface area contributed by atoms with E-state index in [9.17, 15) is 19.0 Å². The van der Waals surface area contributed by atoms with Crippen LogP contribution >= 0.6 is 7.82 Å². The molecule has 2 atom stereocenters. The summed E-state index contributed by atoms with van der Waals surface area (Å²) in [5.74, 6) is -0.915. The van der Waals surface area contributed by atoms with Crippen LogP contribution in [0.3, 0.4) is 0 Å². The standard InChI is InChI=1S/C50H84NO8P/c1-6-8-10-12-14-16-18-20-22-24-25-27-29-31-33-35-37-39-41-43-50(53)59-48(47-58-60(54,55)57-45-44-51(3,4)5)46-56-49(52)42-40-38-36-34-32-30-28-26-23-21-19-17-15-13-11-9-7-2/h8,10,14-17,20-23,25,27,31,33,37,39,48H,6-7,9,11-13,18-19,24,26,28-30,32,34-36,38,40-47H2,1-5H3/p+1/b10-8+,16-14+,17-15+,22-20+,23-21+,27-25+,33-31+,39-37+/t48-/m1/s1. The molecule has 9 nitrogen and oxygen atoms in total. The van der Waals surface area contributed by atoms with Gasteiger partial charge in [-0.2, -0.15) is 0 Å². The molecule has 60 heavy (non-hydrogen) atoms. The van der Waals surface area contributed by atoms with Gasteiger partial charge in [-0.25, -0.2) is 4.57 Å². The maximum absolute atomic E-state index is 12.7. The summed E-state index contributed by atoms with van der Waals surface area (Å²) in [4.78, 5) is 35.4. The molecule has 0 rings (SSSR count). The van der Waals surface area contributed by atoms with E-state index in [0.717, 1.165) is 70.6 Å². The van der Waals surface area contributed by atoms with Gasteiger partial charge in [0.2, 0.25) is 0 Å². The second-order valence-electron chi connectivity index (χ2n) is 16.0. The number of hydrogen-bond donors (Lipinski definition) is 1. The second-order valence-corrected chi connectivity index (χ2v) is 17.5. The van der Waals surface area contributed by atoms with E-state index in [1.165, 1.54) is 44.9 Å². The molecule has 0 aromatic carbocycles. The number of allylic oxidation sites excluding steroid dienone is 16. The van der Waals surface area contributed by atoms with Gasteiger partial charge in [-0.3, -0.25) is 18.6 Å². The van der Waals surface area contributed by atoms with Gasteiger partial charge in [0.25, 0.3) is 0 Å². The van der Waals surface area contributed by atoms with Gasteiger partial charge < -0.3 is 18.9 Å². The molecule has 10 heteroatoms. The molecule has 0 aromatic rings.